The fourth-order valence-corrected chi connectivity index (χ4v) is 1.57. The second-order valence-corrected chi connectivity index (χ2v) is 4.18. The lowest BCUT2D eigenvalue weighted by Crippen LogP contribution is -2.36. The van der Waals surface area contributed by atoms with Crippen LogP contribution in [0.5, 0.6) is 0 Å². The topological polar surface area (TPSA) is 3.24 Å². The van der Waals surface area contributed by atoms with Gasteiger partial charge in [-0.3, -0.25) is 4.90 Å². The largest absolute Gasteiger partial charge is 0.296 e. The predicted octanol–water partition coefficient (Wildman–Crippen LogP) is 1.90. The summed E-state index contributed by atoms with van der Waals surface area (Å²) in [5.41, 5.74) is 0.391. The Hall–Kier alpha value is -0.300. The summed E-state index contributed by atoms with van der Waals surface area (Å²) in [6.07, 6.45) is 4.55. The van der Waals surface area contributed by atoms with Crippen LogP contribution in [0.3, 0.4) is 0 Å². The predicted molar refractivity (Wildman–Crippen MR) is 45.0 cm³/mol. The highest BCUT2D eigenvalue weighted by molar-refractivity contribution is 5.07. The van der Waals surface area contributed by atoms with E-state index in [0.29, 0.717) is 11.5 Å². The van der Waals surface area contributed by atoms with E-state index in [0.717, 1.165) is 6.54 Å². The Balaban J connectivity index is 2.64. The maximum atomic E-state index is 2.38. The normalized spacial score (nSPS) is 27.8. The molecule has 0 unspecified atom stereocenters. The van der Waals surface area contributed by atoms with Gasteiger partial charge in [0.15, 0.2) is 0 Å². The summed E-state index contributed by atoms with van der Waals surface area (Å²) in [5.74, 6) is 0. The Bertz CT molecular complexity index is 141. The summed E-state index contributed by atoms with van der Waals surface area (Å²) in [6, 6.07) is 0.632. The molecule has 0 radical (unpaired) electrons. The molecule has 0 amide bonds. The maximum Gasteiger partial charge on any atom is 0.0327 e. The first-order valence-electron chi connectivity index (χ1n) is 3.89. The molecule has 0 bridgehead atoms. The van der Waals surface area contributed by atoms with Crippen molar-refractivity contribution in [2.45, 2.75) is 26.8 Å². The molecule has 1 heteroatoms. The first-order chi connectivity index (χ1) is 4.52. The highest BCUT2D eigenvalue weighted by Gasteiger charge is 2.27. The maximum absolute atomic E-state index is 2.38. The van der Waals surface area contributed by atoms with Crippen molar-refractivity contribution in [1.29, 1.82) is 0 Å². The number of hydrogen-bond acceptors (Lipinski definition) is 1. The molecule has 1 nitrogen and oxygen atoms in total. The van der Waals surface area contributed by atoms with E-state index in [2.05, 4.69) is 44.9 Å². The van der Waals surface area contributed by atoms with Gasteiger partial charge in [0.1, 0.15) is 0 Å². The summed E-state index contributed by atoms with van der Waals surface area (Å²) in [7, 11) is 2.18. The first-order valence-corrected chi connectivity index (χ1v) is 3.89. The second-order valence-electron chi connectivity index (χ2n) is 4.18. The van der Waals surface area contributed by atoms with Gasteiger partial charge in [0.25, 0.3) is 0 Å². The molecule has 0 spiro atoms. The van der Waals surface area contributed by atoms with E-state index in [1.807, 2.05) is 0 Å². The number of nitrogens with zero attached hydrogens (tertiary/aromatic N) is 1. The van der Waals surface area contributed by atoms with Crippen molar-refractivity contribution in [2.24, 2.45) is 5.41 Å². The molecule has 0 aliphatic carbocycles. The van der Waals surface area contributed by atoms with Gasteiger partial charge in [-0.15, -0.1) is 0 Å². The Morgan fingerprint density at radius 3 is 2.20 bits per heavy atom. The average Bonchev–Trinajstić information content (AvgIpc) is 2.11. The van der Waals surface area contributed by atoms with Crippen LogP contribution in [0.2, 0.25) is 0 Å². The summed E-state index contributed by atoms with van der Waals surface area (Å²) < 4.78 is 0. The highest BCUT2D eigenvalue weighted by atomic mass is 15.1. The van der Waals surface area contributed by atoms with E-state index in [-0.39, 0.29) is 0 Å². The molecule has 0 saturated heterocycles. The van der Waals surface area contributed by atoms with Crippen molar-refractivity contribution in [1.82, 2.24) is 4.90 Å². The number of rotatable bonds is 0. The van der Waals surface area contributed by atoms with Crippen LogP contribution in [0, 0.1) is 5.41 Å². The zero-order chi connectivity index (χ0) is 7.78. The summed E-state index contributed by atoms with van der Waals surface area (Å²) >= 11 is 0. The SMILES string of the molecule is CN1CC=C[C@H]1C(C)(C)C. The molecule has 1 atom stereocenters. The summed E-state index contributed by atoms with van der Waals surface area (Å²) in [5, 5.41) is 0. The molecule has 0 saturated carbocycles. The lowest BCUT2D eigenvalue weighted by atomic mass is 9.87. The first kappa shape index (κ1) is 7.80. The van der Waals surface area contributed by atoms with Gasteiger partial charge < -0.3 is 0 Å². The van der Waals surface area contributed by atoms with Crippen molar-refractivity contribution in [2.75, 3.05) is 13.6 Å². The molecule has 0 N–H and O–H groups in total. The molecular weight excluding hydrogens is 122 g/mol. The Morgan fingerprint density at radius 2 is 2.00 bits per heavy atom. The Labute approximate surface area is 63.7 Å². The van der Waals surface area contributed by atoms with Gasteiger partial charge in [0.2, 0.25) is 0 Å². The minimum absolute atomic E-state index is 0.391. The van der Waals surface area contributed by atoms with Crippen LogP contribution in [-0.2, 0) is 0 Å². The van der Waals surface area contributed by atoms with Crippen molar-refractivity contribution in [3.8, 4) is 0 Å². The van der Waals surface area contributed by atoms with Crippen LogP contribution in [0.25, 0.3) is 0 Å². The van der Waals surface area contributed by atoms with E-state index < -0.39 is 0 Å². The Morgan fingerprint density at radius 1 is 1.40 bits per heavy atom. The molecule has 1 aliphatic rings. The van der Waals surface area contributed by atoms with Crippen molar-refractivity contribution >= 4 is 0 Å². The van der Waals surface area contributed by atoms with Crippen LogP contribution in [0.1, 0.15) is 20.8 Å². The molecule has 1 aliphatic heterocycles. The van der Waals surface area contributed by atoms with E-state index in [9.17, 15) is 0 Å². The van der Waals surface area contributed by atoms with Crippen LogP contribution >= 0.6 is 0 Å². The standard InChI is InChI=1S/C9H17N/c1-9(2,3)8-6-5-7-10(8)4/h5-6,8H,7H2,1-4H3/t8-/m0/s1. The molecule has 1 heterocycles. The number of hydrogen-bond donors (Lipinski definition) is 0. The van der Waals surface area contributed by atoms with Gasteiger partial charge in [0, 0.05) is 12.6 Å². The third-order valence-corrected chi connectivity index (χ3v) is 2.07. The Kier molecular flexibility index (Phi) is 1.86. The zero-order valence-electron chi connectivity index (χ0n) is 7.39. The van der Waals surface area contributed by atoms with E-state index in [4.69, 9.17) is 0 Å². The van der Waals surface area contributed by atoms with E-state index in [1.165, 1.54) is 0 Å². The molecule has 0 aromatic heterocycles. The van der Waals surface area contributed by atoms with E-state index >= 15 is 0 Å². The van der Waals surface area contributed by atoms with Gasteiger partial charge in [-0.25, -0.2) is 0 Å². The fourth-order valence-electron chi connectivity index (χ4n) is 1.57. The second kappa shape index (κ2) is 2.39. The van der Waals surface area contributed by atoms with Crippen LogP contribution in [0.4, 0.5) is 0 Å². The monoisotopic (exact) mass is 139 g/mol. The summed E-state index contributed by atoms with van der Waals surface area (Å²) in [4.78, 5) is 2.38. The van der Waals surface area contributed by atoms with Gasteiger partial charge in [0.05, 0.1) is 0 Å². The zero-order valence-corrected chi connectivity index (χ0v) is 7.39. The van der Waals surface area contributed by atoms with Crippen LogP contribution < -0.4 is 0 Å². The number of likely N-dealkylation sites (N-methyl/N-ethyl adjacent to an activating group) is 1. The molecule has 10 heavy (non-hydrogen) atoms. The van der Waals surface area contributed by atoms with E-state index in [1.54, 1.807) is 0 Å². The lowest BCUT2D eigenvalue weighted by Gasteiger charge is -2.31. The van der Waals surface area contributed by atoms with Gasteiger partial charge in [-0.05, 0) is 12.5 Å². The third kappa shape index (κ3) is 1.40. The lowest BCUT2D eigenvalue weighted by molar-refractivity contribution is 0.193. The van der Waals surface area contributed by atoms with Gasteiger partial charge in [-0.1, -0.05) is 32.9 Å². The van der Waals surface area contributed by atoms with Crippen molar-refractivity contribution < 1.29 is 0 Å². The van der Waals surface area contributed by atoms with Crippen LogP contribution in [0.15, 0.2) is 12.2 Å². The van der Waals surface area contributed by atoms with Crippen molar-refractivity contribution in [3.63, 3.8) is 0 Å². The minimum atomic E-state index is 0.391. The fraction of sp³-hybridized carbons (Fsp3) is 0.778. The average molecular weight is 139 g/mol. The summed E-state index contributed by atoms with van der Waals surface area (Å²) in [6.45, 7) is 7.96. The smallest absolute Gasteiger partial charge is 0.0327 e. The molecule has 0 fully saturated rings. The van der Waals surface area contributed by atoms with Crippen LogP contribution in [-0.4, -0.2) is 24.5 Å². The highest BCUT2D eigenvalue weighted by Crippen LogP contribution is 2.26. The molecule has 1 rings (SSSR count). The van der Waals surface area contributed by atoms with Gasteiger partial charge in [-0.2, -0.15) is 0 Å². The quantitative estimate of drug-likeness (QED) is 0.463. The van der Waals surface area contributed by atoms with Gasteiger partial charge >= 0.3 is 0 Å². The van der Waals surface area contributed by atoms with Crippen molar-refractivity contribution in [3.05, 3.63) is 12.2 Å². The third-order valence-electron chi connectivity index (χ3n) is 2.07. The minimum Gasteiger partial charge on any atom is -0.296 e. The molecule has 0 aromatic carbocycles. The molecule has 0 aromatic rings. The molecular formula is C9H17N. The molecule has 58 valence electrons.